The zero-order valence-corrected chi connectivity index (χ0v) is 8.54. The number of hydrogen-bond donors (Lipinski definition) is 0. The van der Waals surface area contributed by atoms with Gasteiger partial charge in [0.1, 0.15) is 0 Å². The summed E-state index contributed by atoms with van der Waals surface area (Å²) >= 11 is 0. The highest BCUT2D eigenvalue weighted by molar-refractivity contribution is 7.61. The van der Waals surface area contributed by atoms with Crippen LogP contribution in [0.2, 0.25) is 0 Å². The van der Waals surface area contributed by atoms with Crippen LogP contribution in [0.25, 0.3) is 0 Å². The first kappa shape index (κ1) is 12.3. The third-order valence-electron chi connectivity index (χ3n) is 0.871. The van der Waals surface area contributed by atoms with E-state index in [9.17, 15) is 14.0 Å². The van der Waals surface area contributed by atoms with Gasteiger partial charge in [-0.15, -0.1) is 0 Å². The van der Waals surface area contributed by atoms with Crippen molar-refractivity contribution >= 4 is 15.6 Å². The molecule has 0 N–H and O–H groups in total. The predicted octanol–water partition coefficient (Wildman–Crippen LogP) is 0.519. The maximum absolute atomic E-state index is 11.0. The van der Waals surface area contributed by atoms with Gasteiger partial charge in [-0.05, 0) is 0 Å². The highest BCUT2D eigenvalue weighted by atomic mass is 31.3. The van der Waals surface area contributed by atoms with Crippen molar-refractivity contribution in [1.29, 1.82) is 0 Å². The fraction of sp³-hybridized carbons (Fsp3) is 1.00. The zero-order chi connectivity index (χ0) is 9.83. The second kappa shape index (κ2) is 4.48. The SMILES string of the molecule is COP(=O)([O-])OP(=O)(OC)OC. The van der Waals surface area contributed by atoms with Crippen LogP contribution in [0, 0.1) is 0 Å². The highest BCUT2D eigenvalue weighted by Crippen LogP contribution is 2.60. The molecule has 0 spiro atoms. The van der Waals surface area contributed by atoms with Gasteiger partial charge in [0.05, 0.1) is 0 Å². The van der Waals surface area contributed by atoms with Crippen LogP contribution in [0.5, 0.6) is 0 Å². The molecule has 0 rings (SSSR count). The van der Waals surface area contributed by atoms with Crippen LogP contribution in [-0.4, -0.2) is 21.3 Å². The van der Waals surface area contributed by atoms with Crippen molar-refractivity contribution < 1.29 is 31.9 Å². The molecule has 12 heavy (non-hydrogen) atoms. The Morgan fingerprint density at radius 3 is 1.67 bits per heavy atom. The summed E-state index contributed by atoms with van der Waals surface area (Å²) in [6.45, 7) is 0. The lowest BCUT2D eigenvalue weighted by Gasteiger charge is -2.23. The van der Waals surface area contributed by atoms with Crippen LogP contribution in [0.15, 0.2) is 0 Å². The maximum atomic E-state index is 11.0. The molecule has 0 radical (unpaired) electrons. The fourth-order valence-electron chi connectivity index (χ4n) is 0.297. The second-order valence-electron chi connectivity index (χ2n) is 1.52. The summed E-state index contributed by atoms with van der Waals surface area (Å²) in [7, 11) is -5.77. The third kappa shape index (κ3) is 3.78. The van der Waals surface area contributed by atoms with Gasteiger partial charge in [-0.1, -0.05) is 0 Å². The van der Waals surface area contributed by atoms with Crippen molar-refractivity contribution in [3.05, 3.63) is 0 Å². The topological polar surface area (TPSA) is 94.1 Å². The summed E-state index contributed by atoms with van der Waals surface area (Å²) in [6.07, 6.45) is 0. The summed E-state index contributed by atoms with van der Waals surface area (Å²) in [5, 5.41) is 0. The summed E-state index contributed by atoms with van der Waals surface area (Å²) in [6, 6.07) is 0. The van der Waals surface area contributed by atoms with Crippen molar-refractivity contribution in [3.63, 3.8) is 0 Å². The van der Waals surface area contributed by atoms with E-state index in [1.165, 1.54) is 0 Å². The van der Waals surface area contributed by atoms with Crippen molar-refractivity contribution in [2.75, 3.05) is 21.3 Å². The molecule has 0 aliphatic heterocycles. The molecular formula is C3H9O7P2-. The smallest absolute Gasteiger partial charge is 0.480 e. The number of phosphoric acid groups is 2. The van der Waals surface area contributed by atoms with Gasteiger partial charge < -0.3 is 9.42 Å². The van der Waals surface area contributed by atoms with Gasteiger partial charge >= 0.3 is 7.82 Å². The molecule has 0 bridgehead atoms. The largest absolute Gasteiger partial charge is 0.756 e. The Balaban J connectivity index is 4.42. The molecule has 0 aromatic heterocycles. The molecular weight excluding hydrogens is 210 g/mol. The van der Waals surface area contributed by atoms with E-state index >= 15 is 0 Å². The summed E-state index contributed by atoms with van der Waals surface area (Å²) in [4.78, 5) is 10.6. The molecule has 0 saturated carbocycles. The monoisotopic (exact) mass is 219 g/mol. The van der Waals surface area contributed by atoms with Crippen LogP contribution in [0.4, 0.5) is 0 Å². The first-order chi connectivity index (χ1) is 5.39. The molecule has 0 aromatic rings. The molecule has 0 aliphatic rings. The molecule has 9 heteroatoms. The van der Waals surface area contributed by atoms with Gasteiger partial charge in [-0.25, -0.2) is 8.88 Å². The highest BCUT2D eigenvalue weighted by Gasteiger charge is 2.29. The summed E-state index contributed by atoms with van der Waals surface area (Å²) in [5.74, 6) is 0. The van der Waals surface area contributed by atoms with Crippen molar-refractivity contribution in [3.8, 4) is 0 Å². The third-order valence-corrected chi connectivity index (χ3v) is 3.81. The van der Waals surface area contributed by atoms with Gasteiger partial charge in [0.25, 0.3) is 7.82 Å². The minimum atomic E-state index is -4.59. The van der Waals surface area contributed by atoms with Crippen LogP contribution in [-0.2, 0) is 27.0 Å². The molecule has 0 amide bonds. The van der Waals surface area contributed by atoms with Crippen molar-refractivity contribution in [2.45, 2.75) is 0 Å². The lowest BCUT2D eigenvalue weighted by atomic mass is 11.8. The first-order valence-corrected chi connectivity index (χ1v) is 5.61. The van der Waals surface area contributed by atoms with Crippen LogP contribution < -0.4 is 4.89 Å². The molecule has 1 atom stereocenters. The zero-order valence-electron chi connectivity index (χ0n) is 6.75. The summed E-state index contributed by atoms with van der Waals surface area (Å²) in [5.41, 5.74) is 0. The van der Waals surface area contributed by atoms with Crippen LogP contribution >= 0.6 is 15.6 Å². The molecule has 0 saturated heterocycles. The van der Waals surface area contributed by atoms with E-state index in [-0.39, 0.29) is 0 Å². The average Bonchev–Trinajstić information content (AvgIpc) is 2.04. The average molecular weight is 219 g/mol. The van der Waals surface area contributed by atoms with E-state index in [2.05, 4.69) is 17.9 Å². The minimum Gasteiger partial charge on any atom is -0.756 e. The Kier molecular flexibility index (Phi) is 4.58. The van der Waals surface area contributed by atoms with Crippen molar-refractivity contribution in [1.82, 2.24) is 0 Å². The molecule has 0 aromatic carbocycles. The van der Waals surface area contributed by atoms with Gasteiger partial charge in [0, 0.05) is 21.3 Å². The van der Waals surface area contributed by atoms with E-state index in [1.54, 1.807) is 0 Å². The molecule has 0 aliphatic carbocycles. The van der Waals surface area contributed by atoms with E-state index in [1.807, 2.05) is 0 Å². The maximum Gasteiger partial charge on any atom is 0.480 e. The summed E-state index contributed by atoms with van der Waals surface area (Å²) < 4.78 is 37.8. The Labute approximate surface area is 69.8 Å². The Morgan fingerprint density at radius 1 is 1.00 bits per heavy atom. The molecule has 0 heterocycles. The van der Waals surface area contributed by atoms with Crippen LogP contribution in [0.3, 0.4) is 0 Å². The standard InChI is InChI=1S/C3H10O7P2/c1-7-11(4,5)10-12(6,8-2)9-3/h1-3H3,(H,4,5)/p-1. The van der Waals surface area contributed by atoms with Gasteiger partial charge in [0.15, 0.2) is 0 Å². The Bertz CT molecular complexity index is 217. The number of hydrogen-bond acceptors (Lipinski definition) is 7. The van der Waals surface area contributed by atoms with E-state index in [0.29, 0.717) is 0 Å². The van der Waals surface area contributed by atoms with Crippen LogP contribution in [0.1, 0.15) is 0 Å². The molecule has 0 fully saturated rings. The Morgan fingerprint density at radius 2 is 1.42 bits per heavy atom. The van der Waals surface area contributed by atoms with Gasteiger partial charge in [0.2, 0.25) is 0 Å². The van der Waals surface area contributed by atoms with Gasteiger partial charge in [-0.2, -0.15) is 0 Å². The van der Waals surface area contributed by atoms with E-state index in [4.69, 9.17) is 0 Å². The quantitative estimate of drug-likeness (QED) is 0.622. The number of phosphoric ester groups is 2. The normalized spacial score (nSPS) is 17.3. The van der Waals surface area contributed by atoms with E-state index < -0.39 is 15.6 Å². The van der Waals surface area contributed by atoms with E-state index in [0.717, 1.165) is 21.3 Å². The predicted molar refractivity (Wildman–Crippen MR) is 37.3 cm³/mol. The van der Waals surface area contributed by atoms with Crippen molar-refractivity contribution in [2.24, 2.45) is 0 Å². The Hall–Kier alpha value is 0.260. The molecule has 1 unspecified atom stereocenters. The molecule has 7 nitrogen and oxygen atoms in total. The second-order valence-corrected chi connectivity index (χ2v) is 5.06. The number of rotatable bonds is 5. The minimum absolute atomic E-state index is 0.865. The molecule has 74 valence electrons. The fourth-order valence-corrected chi connectivity index (χ4v) is 2.23. The lowest BCUT2D eigenvalue weighted by Crippen LogP contribution is -2.06. The lowest BCUT2D eigenvalue weighted by molar-refractivity contribution is -0.215. The first-order valence-electron chi connectivity index (χ1n) is 2.69. The van der Waals surface area contributed by atoms with Gasteiger partial charge in [-0.3, -0.25) is 13.6 Å².